The maximum atomic E-state index is 12.6. The Morgan fingerprint density at radius 2 is 2.00 bits per heavy atom. The van der Waals surface area contributed by atoms with E-state index in [4.69, 9.17) is 0 Å². The van der Waals surface area contributed by atoms with Gasteiger partial charge in [-0.3, -0.25) is 0 Å². The third kappa shape index (κ3) is 3.28. The minimum atomic E-state index is -0.237. The van der Waals surface area contributed by atoms with Crippen molar-refractivity contribution in [1.82, 2.24) is 0 Å². The highest BCUT2D eigenvalue weighted by Crippen LogP contribution is 2.16. The second-order valence-corrected chi connectivity index (χ2v) is 2.19. The van der Waals surface area contributed by atoms with Gasteiger partial charge in [0.15, 0.2) is 0 Å². The molecule has 1 aromatic carbocycles. The molecule has 0 aromatic heterocycles. The lowest BCUT2D eigenvalue weighted by molar-refractivity contribution is 0.627. The molecule has 0 aliphatic rings. The summed E-state index contributed by atoms with van der Waals surface area (Å²) in [4.78, 5) is 0. The molecule has 1 N–H and O–H groups in total. The molecule has 1 rings (SSSR count). The van der Waals surface area contributed by atoms with Crippen LogP contribution in [0.2, 0.25) is 0 Å². The highest BCUT2D eigenvalue weighted by Gasteiger charge is 1.97. The Kier molecular flexibility index (Phi) is 5.60. The first-order chi connectivity index (χ1) is 6.27. The van der Waals surface area contributed by atoms with Gasteiger partial charge in [-0.05, 0) is 23.8 Å². The Balaban J connectivity index is 0.000000671. The highest BCUT2D eigenvalue weighted by atomic mass is 19.1. The van der Waals surface area contributed by atoms with Crippen molar-refractivity contribution in [2.24, 2.45) is 0 Å². The van der Waals surface area contributed by atoms with Crippen molar-refractivity contribution in [3.05, 3.63) is 36.2 Å². The lowest BCUT2D eigenvalue weighted by Crippen LogP contribution is -1.91. The number of halogens is 1. The molecule has 0 aliphatic carbocycles. The van der Waals surface area contributed by atoms with E-state index in [0.29, 0.717) is 0 Å². The number of hydrogen-bond donors (Lipinski definition) is 1. The molecule has 0 aliphatic heterocycles. The monoisotopic (exact) mass is 181 g/mol. The average Bonchev–Trinajstić information content (AvgIpc) is 2.20. The van der Waals surface area contributed by atoms with E-state index in [2.05, 4.69) is 11.9 Å². The summed E-state index contributed by atoms with van der Waals surface area (Å²) in [7, 11) is 1.79. The van der Waals surface area contributed by atoms with Crippen LogP contribution in [0.4, 0.5) is 10.1 Å². The van der Waals surface area contributed by atoms with Crippen molar-refractivity contribution < 1.29 is 4.39 Å². The van der Waals surface area contributed by atoms with Crippen molar-refractivity contribution in [2.45, 2.75) is 13.8 Å². The summed E-state index contributed by atoms with van der Waals surface area (Å²) < 4.78 is 12.6. The fourth-order valence-corrected chi connectivity index (χ4v) is 0.930. The SMILES string of the molecule is C=Cc1cc(F)ccc1NC.CC. The normalized spacial score (nSPS) is 8.31. The fraction of sp³-hybridized carbons (Fsp3) is 0.273. The van der Waals surface area contributed by atoms with Gasteiger partial charge in [0.1, 0.15) is 5.82 Å². The number of nitrogens with one attached hydrogen (secondary N) is 1. The first kappa shape index (κ1) is 11.7. The van der Waals surface area contributed by atoms with Gasteiger partial charge >= 0.3 is 0 Å². The van der Waals surface area contributed by atoms with Crippen LogP contribution in [-0.4, -0.2) is 7.05 Å². The maximum absolute atomic E-state index is 12.6. The Hall–Kier alpha value is -1.31. The predicted molar refractivity (Wildman–Crippen MR) is 57.4 cm³/mol. The molecule has 2 heteroatoms. The summed E-state index contributed by atoms with van der Waals surface area (Å²) in [6, 6.07) is 4.55. The van der Waals surface area contributed by atoms with Crippen LogP contribution in [-0.2, 0) is 0 Å². The van der Waals surface area contributed by atoms with Gasteiger partial charge in [0, 0.05) is 12.7 Å². The summed E-state index contributed by atoms with van der Waals surface area (Å²) >= 11 is 0. The molecule has 0 unspecified atom stereocenters. The van der Waals surface area contributed by atoms with E-state index in [1.165, 1.54) is 12.1 Å². The Bertz CT molecular complexity index is 269. The molecule has 0 radical (unpaired) electrons. The van der Waals surface area contributed by atoms with Gasteiger partial charge in [0.05, 0.1) is 0 Å². The van der Waals surface area contributed by atoms with E-state index < -0.39 is 0 Å². The van der Waals surface area contributed by atoms with Gasteiger partial charge < -0.3 is 5.32 Å². The molecule has 0 bridgehead atoms. The largest absolute Gasteiger partial charge is 0.388 e. The molecule has 0 atom stereocenters. The van der Waals surface area contributed by atoms with E-state index >= 15 is 0 Å². The van der Waals surface area contributed by atoms with Gasteiger partial charge in [-0.1, -0.05) is 26.5 Å². The van der Waals surface area contributed by atoms with Gasteiger partial charge in [-0.15, -0.1) is 0 Å². The van der Waals surface area contributed by atoms with Crippen molar-refractivity contribution in [3.63, 3.8) is 0 Å². The van der Waals surface area contributed by atoms with E-state index in [1.54, 1.807) is 19.2 Å². The Morgan fingerprint density at radius 1 is 1.38 bits per heavy atom. The molecule has 1 nitrogen and oxygen atoms in total. The van der Waals surface area contributed by atoms with E-state index in [-0.39, 0.29) is 5.82 Å². The number of rotatable bonds is 2. The minimum Gasteiger partial charge on any atom is -0.388 e. The van der Waals surface area contributed by atoms with Gasteiger partial charge in [-0.2, -0.15) is 0 Å². The Morgan fingerprint density at radius 3 is 2.46 bits per heavy atom. The zero-order chi connectivity index (χ0) is 10.3. The average molecular weight is 181 g/mol. The number of anilines is 1. The second kappa shape index (κ2) is 6.23. The summed E-state index contributed by atoms with van der Waals surface area (Å²) in [6.07, 6.45) is 1.62. The third-order valence-corrected chi connectivity index (χ3v) is 1.50. The Labute approximate surface area is 79.3 Å². The second-order valence-electron chi connectivity index (χ2n) is 2.19. The summed E-state index contributed by atoms with van der Waals surface area (Å²) in [5.41, 5.74) is 1.67. The van der Waals surface area contributed by atoms with Crippen molar-refractivity contribution in [3.8, 4) is 0 Å². The molecule has 0 saturated heterocycles. The van der Waals surface area contributed by atoms with Crippen LogP contribution in [0.15, 0.2) is 24.8 Å². The van der Waals surface area contributed by atoms with Crippen LogP contribution in [0.1, 0.15) is 19.4 Å². The molecular weight excluding hydrogens is 165 g/mol. The zero-order valence-corrected chi connectivity index (χ0v) is 8.39. The van der Waals surface area contributed by atoms with Crippen LogP contribution in [0.5, 0.6) is 0 Å². The number of benzene rings is 1. The predicted octanol–water partition coefficient (Wildman–Crippen LogP) is 3.54. The third-order valence-electron chi connectivity index (χ3n) is 1.50. The van der Waals surface area contributed by atoms with Gasteiger partial charge in [0.25, 0.3) is 0 Å². The van der Waals surface area contributed by atoms with Gasteiger partial charge in [-0.25, -0.2) is 4.39 Å². The molecule has 13 heavy (non-hydrogen) atoms. The lowest BCUT2D eigenvalue weighted by Gasteiger charge is -2.03. The minimum absolute atomic E-state index is 0.237. The topological polar surface area (TPSA) is 12.0 Å². The molecule has 1 aromatic rings. The van der Waals surface area contributed by atoms with Crippen LogP contribution in [0.25, 0.3) is 6.08 Å². The standard InChI is InChI=1S/C9H10FN.C2H6/c1-3-7-6-8(10)4-5-9(7)11-2;1-2/h3-6,11H,1H2,2H3;1-2H3. The first-order valence-corrected chi connectivity index (χ1v) is 4.37. The molecule has 72 valence electrons. The number of hydrogen-bond acceptors (Lipinski definition) is 1. The molecule has 0 saturated carbocycles. The van der Waals surface area contributed by atoms with E-state index in [1.807, 2.05) is 13.8 Å². The van der Waals surface area contributed by atoms with Crippen molar-refractivity contribution in [1.29, 1.82) is 0 Å². The van der Waals surface area contributed by atoms with Crippen LogP contribution >= 0.6 is 0 Å². The molecular formula is C11H16FN. The van der Waals surface area contributed by atoms with Crippen LogP contribution < -0.4 is 5.32 Å². The van der Waals surface area contributed by atoms with Gasteiger partial charge in [0.2, 0.25) is 0 Å². The molecule has 0 fully saturated rings. The fourth-order valence-electron chi connectivity index (χ4n) is 0.930. The van der Waals surface area contributed by atoms with Crippen LogP contribution in [0.3, 0.4) is 0 Å². The van der Waals surface area contributed by atoms with Crippen molar-refractivity contribution in [2.75, 3.05) is 12.4 Å². The molecule has 0 heterocycles. The highest BCUT2D eigenvalue weighted by molar-refractivity contribution is 5.65. The lowest BCUT2D eigenvalue weighted by atomic mass is 10.2. The molecule has 0 spiro atoms. The molecule has 0 amide bonds. The maximum Gasteiger partial charge on any atom is 0.123 e. The quantitative estimate of drug-likeness (QED) is 0.735. The first-order valence-electron chi connectivity index (χ1n) is 4.37. The van der Waals surface area contributed by atoms with E-state index in [0.717, 1.165) is 11.3 Å². The zero-order valence-electron chi connectivity index (χ0n) is 8.39. The summed E-state index contributed by atoms with van der Waals surface area (Å²) in [5.74, 6) is -0.237. The summed E-state index contributed by atoms with van der Waals surface area (Å²) in [6.45, 7) is 7.57. The smallest absolute Gasteiger partial charge is 0.123 e. The van der Waals surface area contributed by atoms with Crippen LogP contribution in [0, 0.1) is 5.82 Å². The summed E-state index contributed by atoms with van der Waals surface area (Å²) in [5, 5.41) is 2.94. The van der Waals surface area contributed by atoms with Crippen molar-refractivity contribution >= 4 is 11.8 Å². The van der Waals surface area contributed by atoms with E-state index in [9.17, 15) is 4.39 Å².